The minimum absolute atomic E-state index is 0.164. The van der Waals surface area contributed by atoms with Crippen molar-refractivity contribution in [1.29, 1.82) is 0 Å². The highest BCUT2D eigenvalue weighted by Gasteiger charge is 2.39. The summed E-state index contributed by atoms with van der Waals surface area (Å²) in [6.45, 7) is 6.05. The molecule has 0 amide bonds. The average Bonchev–Trinajstić information content (AvgIpc) is 3.76. The second kappa shape index (κ2) is 9.53. The van der Waals surface area contributed by atoms with Crippen LogP contribution in [0.4, 0.5) is 0 Å². The third kappa shape index (κ3) is 5.01. The Hall–Kier alpha value is -3.06. The summed E-state index contributed by atoms with van der Waals surface area (Å²) in [5.41, 5.74) is 2.50. The van der Waals surface area contributed by atoms with Crippen molar-refractivity contribution < 1.29 is 28.4 Å². The third-order valence-electron chi connectivity index (χ3n) is 6.76. The summed E-state index contributed by atoms with van der Waals surface area (Å²) in [5, 5.41) is 0. The van der Waals surface area contributed by atoms with Crippen LogP contribution < -0.4 is 14.2 Å². The van der Waals surface area contributed by atoms with Crippen LogP contribution in [-0.2, 0) is 19.6 Å². The fourth-order valence-electron chi connectivity index (χ4n) is 4.49. The van der Waals surface area contributed by atoms with E-state index in [1.165, 1.54) is 0 Å². The molecule has 0 spiro atoms. The molecule has 0 aromatic heterocycles. The number of para-hydroxylation sites is 3. The summed E-state index contributed by atoms with van der Waals surface area (Å²) >= 11 is 0. The number of epoxide rings is 3. The van der Waals surface area contributed by atoms with Gasteiger partial charge in [0.25, 0.3) is 0 Å². The molecule has 3 aromatic carbocycles. The predicted molar refractivity (Wildman–Crippen MR) is 131 cm³/mol. The van der Waals surface area contributed by atoms with Gasteiger partial charge in [0.15, 0.2) is 0 Å². The van der Waals surface area contributed by atoms with Crippen molar-refractivity contribution in [2.75, 3.05) is 39.6 Å². The molecule has 3 aliphatic heterocycles. The maximum Gasteiger partial charge on any atom is 0.123 e. The van der Waals surface area contributed by atoms with Crippen molar-refractivity contribution in [2.24, 2.45) is 0 Å². The lowest BCUT2D eigenvalue weighted by atomic mass is 9.70. The summed E-state index contributed by atoms with van der Waals surface area (Å²) in [4.78, 5) is 0. The van der Waals surface area contributed by atoms with Crippen LogP contribution in [0.3, 0.4) is 0 Å². The first-order valence-electron chi connectivity index (χ1n) is 12.2. The SMILES string of the molecule is CC(c1ccccc1OCC1CO1)(c1ccccc1OCC1CO1)c1ccccc1OCC1CO1. The summed E-state index contributed by atoms with van der Waals surface area (Å²) in [6.07, 6.45) is 0.493. The molecule has 0 aliphatic carbocycles. The Balaban J connectivity index is 1.47. The predicted octanol–water partition coefficient (Wildman–Crippen LogP) is 4.37. The standard InChI is InChI=1S/C29H30O6/c1-29(23-8-2-5-11-26(23)33-17-20-14-30-20,24-9-3-6-12-27(24)34-18-21-15-31-21)25-10-4-7-13-28(25)35-19-22-16-32-22/h2-13,20-22H,14-19H2,1H3. The largest absolute Gasteiger partial charge is 0.490 e. The van der Waals surface area contributed by atoms with Gasteiger partial charge >= 0.3 is 0 Å². The van der Waals surface area contributed by atoms with E-state index in [1.54, 1.807) is 0 Å². The second-order valence-electron chi connectivity index (χ2n) is 9.41. The Morgan fingerprint density at radius 3 is 1.14 bits per heavy atom. The quantitative estimate of drug-likeness (QED) is 0.287. The van der Waals surface area contributed by atoms with E-state index in [0.29, 0.717) is 19.8 Å². The van der Waals surface area contributed by atoms with E-state index >= 15 is 0 Å². The highest BCUT2D eigenvalue weighted by molar-refractivity contribution is 5.61. The van der Waals surface area contributed by atoms with Crippen LogP contribution in [0.5, 0.6) is 17.2 Å². The van der Waals surface area contributed by atoms with E-state index in [9.17, 15) is 0 Å². The fraction of sp³-hybridized carbons (Fsp3) is 0.379. The molecule has 0 saturated carbocycles. The van der Waals surface area contributed by atoms with Crippen LogP contribution >= 0.6 is 0 Å². The maximum absolute atomic E-state index is 6.30. The molecule has 182 valence electrons. The average molecular weight is 475 g/mol. The Labute approximate surface area is 205 Å². The van der Waals surface area contributed by atoms with Crippen molar-refractivity contribution in [3.63, 3.8) is 0 Å². The van der Waals surface area contributed by atoms with Gasteiger partial charge < -0.3 is 28.4 Å². The van der Waals surface area contributed by atoms with Crippen molar-refractivity contribution in [1.82, 2.24) is 0 Å². The summed E-state index contributed by atoms with van der Waals surface area (Å²) < 4.78 is 35.1. The summed E-state index contributed by atoms with van der Waals surface area (Å²) in [7, 11) is 0. The van der Waals surface area contributed by atoms with Crippen molar-refractivity contribution in [3.8, 4) is 17.2 Å². The van der Waals surface area contributed by atoms with Gasteiger partial charge in [-0.05, 0) is 25.1 Å². The van der Waals surface area contributed by atoms with Crippen molar-refractivity contribution >= 4 is 0 Å². The number of ether oxygens (including phenoxy) is 6. The van der Waals surface area contributed by atoms with Gasteiger partial charge in [-0.25, -0.2) is 0 Å². The van der Waals surface area contributed by atoms with Gasteiger partial charge in [0, 0.05) is 16.7 Å². The molecule has 3 unspecified atom stereocenters. The fourth-order valence-corrected chi connectivity index (χ4v) is 4.49. The lowest BCUT2D eigenvalue weighted by Gasteiger charge is -2.35. The van der Waals surface area contributed by atoms with Gasteiger partial charge in [0.2, 0.25) is 0 Å². The van der Waals surface area contributed by atoms with E-state index < -0.39 is 5.41 Å². The van der Waals surface area contributed by atoms with E-state index in [-0.39, 0.29) is 18.3 Å². The van der Waals surface area contributed by atoms with Gasteiger partial charge in [-0.2, -0.15) is 0 Å². The van der Waals surface area contributed by atoms with Crippen LogP contribution in [0.25, 0.3) is 0 Å². The normalized spacial score (nSPS) is 23.7. The summed E-state index contributed by atoms with van der Waals surface area (Å²) in [6, 6.07) is 24.6. The first-order chi connectivity index (χ1) is 17.2. The topological polar surface area (TPSA) is 65.3 Å². The molecule has 3 aliphatic rings. The van der Waals surface area contributed by atoms with Crippen LogP contribution in [0.15, 0.2) is 72.8 Å². The van der Waals surface area contributed by atoms with Crippen LogP contribution in [0.2, 0.25) is 0 Å². The summed E-state index contributed by atoms with van der Waals surface area (Å²) in [5.74, 6) is 2.48. The van der Waals surface area contributed by atoms with E-state index in [4.69, 9.17) is 28.4 Å². The third-order valence-corrected chi connectivity index (χ3v) is 6.76. The molecule has 3 saturated heterocycles. The number of hydrogen-bond acceptors (Lipinski definition) is 6. The molecule has 3 fully saturated rings. The van der Waals surface area contributed by atoms with E-state index in [1.807, 2.05) is 36.4 Å². The molecule has 3 aromatic rings. The maximum atomic E-state index is 6.30. The molecular weight excluding hydrogens is 444 g/mol. The lowest BCUT2D eigenvalue weighted by Crippen LogP contribution is -2.28. The molecule has 0 N–H and O–H groups in total. The minimum Gasteiger partial charge on any atom is -0.490 e. The zero-order chi connectivity index (χ0) is 23.7. The molecule has 3 atom stereocenters. The monoisotopic (exact) mass is 474 g/mol. The zero-order valence-corrected chi connectivity index (χ0v) is 19.9. The van der Waals surface area contributed by atoms with Gasteiger partial charge in [0.1, 0.15) is 55.4 Å². The highest BCUT2D eigenvalue weighted by Crippen LogP contribution is 2.49. The zero-order valence-electron chi connectivity index (χ0n) is 19.9. The van der Waals surface area contributed by atoms with Crippen molar-refractivity contribution in [3.05, 3.63) is 89.5 Å². The second-order valence-corrected chi connectivity index (χ2v) is 9.41. The molecule has 0 radical (unpaired) electrons. The van der Waals surface area contributed by atoms with Gasteiger partial charge in [-0.1, -0.05) is 54.6 Å². The Kier molecular flexibility index (Phi) is 6.10. The van der Waals surface area contributed by atoms with Crippen LogP contribution in [0, 0.1) is 0 Å². The number of hydrogen-bond donors (Lipinski definition) is 0. The molecule has 6 nitrogen and oxygen atoms in total. The highest BCUT2D eigenvalue weighted by atomic mass is 16.6. The molecule has 6 rings (SSSR count). The molecule has 3 heterocycles. The number of benzene rings is 3. The van der Waals surface area contributed by atoms with Gasteiger partial charge in [-0.15, -0.1) is 0 Å². The Bertz CT molecular complexity index is 1020. The van der Waals surface area contributed by atoms with E-state index in [2.05, 4.69) is 43.3 Å². The Morgan fingerprint density at radius 2 is 0.857 bits per heavy atom. The molecule has 0 bridgehead atoms. The Morgan fingerprint density at radius 1 is 0.571 bits per heavy atom. The molecule has 35 heavy (non-hydrogen) atoms. The lowest BCUT2D eigenvalue weighted by molar-refractivity contribution is 0.251. The first kappa shape index (κ1) is 22.4. The number of rotatable bonds is 12. The molecular formula is C29H30O6. The molecule has 6 heteroatoms. The van der Waals surface area contributed by atoms with Crippen LogP contribution in [-0.4, -0.2) is 58.0 Å². The van der Waals surface area contributed by atoms with E-state index in [0.717, 1.165) is 53.8 Å². The smallest absolute Gasteiger partial charge is 0.123 e. The van der Waals surface area contributed by atoms with Gasteiger partial charge in [-0.3, -0.25) is 0 Å². The first-order valence-corrected chi connectivity index (χ1v) is 12.2. The minimum atomic E-state index is -0.622. The van der Waals surface area contributed by atoms with Gasteiger partial charge in [0.05, 0.1) is 25.2 Å². The van der Waals surface area contributed by atoms with Crippen LogP contribution in [0.1, 0.15) is 23.6 Å². The van der Waals surface area contributed by atoms with Crippen molar-refractivity contribution in [2.45, 2.75) is 30.7 Å².